The predicted molar refractivity (Wildman–Crippen MR) is 75.8 cm³/mol. The lowest BCUT2D eigenvalue weighted by Crippen LogP contribution is -2.08. The molecular formula is C15H17N3. The Kier molecular flexibility index (Phi) is 2.99. The van der Waals surface area contributed by atoms with Gasteiger partial charge >= 0.3 is 0 Å². The molecular weight excluding hydrogens is 222 g/mol. The molecule has 3 nitrogen and oxygen atoms in total. The maximum atomic E-state index is 4.21. The lowest BCUT2D eigenvalue weighted by Gasteiger charge is -2.01. The Labute approximate surface area is 106 Å². The topological polar surface area (TPSA) is 40.7 Å². The summed E-state index contributed by atoms with van der Waals surface area (Å²) in [5, 5.41) is 5.67. The SMILES string of the molecule is CNCCCc1ccc2[nH]c3ccncc3c2c1. The number of fused-ring (bicyclic) bond motifs is 3. The van der Waals surface area contributed by atoms with Crippen molar-refractivity contribution >= 4 is 21.8 Å². The van der Waals surface area contributed by atoms with Gasteiger partial charge in [-0.05, 0) is 50.2 Å². The molecule has 3 heteroatoms. The molecule has 2 aromatic heterocycles. The van der Waals surface area contributed by atoms with Crippen LogP contribution in [0.5, 0.6) is 0 Å². The number of nitrogens with one attached hydrogen (secondary N) is 2. The van der Waals surface area contributed by atoms with Gasteiger partial charge in [0.1, 0.15) is 0 Å². The van der Waals surface area contributed by atoms with Crippen molar-refractivity contribution in [2.75, 3.05) is 13.6 Å². The van der Waals surface area contributed by atoms with Crippen molar-refractivity contribution in [1.82, 2.24) is 15.3 Å². The molecule has 0 saturated heterocycles. The number of rotatable bonds is 4. The molecule has 0 aliphatic heterocycles. The van der Waals surface area contributed by atoms with E-state index < -0.39 is 0 Å². The fourth-order valence-electron chi connectivity index (χ4n) is 2.41. The number of hydrogen-bond donors (Lipinski definition) is 2. The second-order valence-corrected chi connectivity index (χ2v) is 4.63. The molecule has 2 N–H and O–H groups in total. The standard InChI is InChI=1S/C15H17N3/c1-16-7-2-3-11-4-5-14-12(9-11)13-10-17-8-6-15(13)18-14/h4-6,8-10,16,18H,2-3,7H2,1H3. The first kappa shape index (κ1) is 11.2. The summed E-state index contributed by atoms with van der Waals surface area (Å²) in [5.74, 6) is 0. The minimum atomic E-state index is 1.06. The lowest BCUT2D eigenvalue weighted by atomic mass is 10.1. The third kappa shape index (κ3) is 1.97. The van der Waals surface area contributed by atoms with Crippen molar-refractivity contribution in [3.05, 3.63) is 42.2 Å². The first-order valence-corrected chi connectivity index (χ1v) is 6.37. The second-order valence-electron chi connectivity index (χ2n) is 4.63. The highest BCUT2D eigenvalue weighted by Crippen LogP contribution is 2.25. The summed E-state index contributed by atoms with van der Waals surface area (Å²) in [6.45, 7) is 1.06. The summed E-state index contributed by atoms with van der Waals surface area (Å²) in [4.78, 5) is 7.63. The predicted octanol–water partition coefficient (Wildman–Crippen LogP) is 2.87. The van der Waals surface area contributed by atoms with Crippen molar-refractivity contribution < 1.29 is 0 Å². The Hall–Kier alpha value is -1.87. The van der Waals surface area contributed by atoms with Crippen LogP contribution in [0.25, 0.3) is 21.8 Å². The van der Waals surface area contributed by atoms with Crippen molar-refractivity contribution in [2.45, 2.75) is 12.8 Å². The van der Waals surface area contributed by atoms with E-state index in [2.05, 4.69) is 33.5 Å². The Morgan fingerprint density at radius 1 is 1.17 bits per heavy atom. The maximum absolute atomic E-state index is 4.21. The molecule has 0 atom stereocenters. The van der Waals surface area contributed by atoms with Gasteiger partial charge in [-0.3, -0.25) is 4.98 Å². The molecule has 1 aromatic carbocycles. The Balaban J connectivity index is 2.02. The highest BCUT2D eigenvalue weighted by Gasteiger charge is 2.04. The molecule has 0 radical (unpaired) electrons. The lowest BCUT2D eigenvalue weighted by molar-refractivity contribution is 0.725. The van der Waals surface area contributed by atoms with E-state index in [1.54, 1.807) is 0 Å². The Morgan fingerprint density at radius 2 is 2.06 bits per heavy atom. The van der Waals surface area contributed by atoms with Crippen LogP contribution < -0.4 is 5.32 Å². The Bertz CT molecular complexity index is 670. The zero-order valence-electron chi connectivity index (χ0n) is 10.5. The second kappa shape index (κ2) is 4.78. The normalized spacial score (nSPS) is 11.4. The molecule has 0 amide bonds. The summed E-state index contributed by atoms with van der Waals surface area (Å²) < 4.78 is 0. The molecule has 0 saturated carbocycles. The van der Waals surface area contributed by atoms with Gasteiger partial charge in [0, 0.05) is 34.2 Å². The number of pyridine rings is 1. The Morgan fingerprint density at radius 3 is 2.94 bits per heavy atom. The summed E-state index contributed by atoms with van der Waals surface area (Å²) in [7, 11) is 1.99. The van der Waals surface area contributed by atoms with E-state index in [4.69, 9.17) is 0 Å². The molecule has 0 aliphatic carbocycles. The van der Waals surface area contributed by atoms with E-state index in [0.717, 1.165) is 18.5 Å². The van der Waals surface area contributed by atoms with E-state index >= 15 is 0 Å². The van der Waals surface area contributed by atoms with Gasteiger partial charge < -0.3 is 10.3 Å². The molecule has 0 fully saturated rings. The van der Waals surface area contributed by atoms with Crippen molar-refractivity contribution in [3.63, 3.8) is 0 Å². The zero-order chi connectivity index (χ0) is 12.4. The van der Waals surface area contributed by atoms with Crippen LogP contribution in [0.15, 0.2) is 36.7 Å². The fraction of sp³-hybridized carbons (Fsp3) is 0.267. The number of aromatic nitrogens is 2. The zero-order valence-corrected chi connectivity index (χ0v) is 10.5. The first-order valence-electron chi connectivity index (χ1n) is 6.37. The van der Waals surface area contributed by atoms with E-state index in [-0.39, 0.29) is 0 Å². The maximum Gasteiger partial charge on any atom is 0.0495 e. The largest absolute Gasteiger partial charge is 0.354 e. The van der Waals surface area contributed by atoms with Crippen LogP contribution in [0.4, 0.5) is 0 Å². The van der Waals surface area contributed by atoms with Gasteiger partial charge in [-0.15, -0.1) is 0 Å². The molecule has 0 aliphatic rings. The summed E-state index contributed by atoms with van der Waals surface area (Å²) >= 11 is 0. The molecule has 0 unspecified atom stereocenters. The number of H-pyrrole nitrogens is 1. The van der Waals surface area contributed by atoms with E-state index in [0.29, 0.717) is 0 Å². The molecule has 3 rings (SSSR count). The number of benzene rings is 1. The van der Waals surface area contributed by atoms with E-state index in [1.165, 1.54) is 28.3 Å². The number of aryl methyl sites for hydroxylation is 1. The number of nitrogens with zero attached hydrogens (tertiary/aromatic N) is 1. The fourth-order valence-corrected chi connectivity index (χ4v) is 2.41. The van der Waals surface area contributed by atoms with Gasteiger partial charge in [-0.2, -0.15) is 0 Å². The van der Waals surface area contributed by atoms with E-state index in [1.807, 2.05) is 25.5 Å². The van der Waals surface area contributed by atoms with Gasteiger partial charge in [-0.1, -0.05) is 6.07 Å². The number of aromatic amines is 1. The van der Waals surface area contributed by atoms with Crippen molar-refractivity contribution in [1.29, 1.82) is 0 Å². The smallest absolute Gasteiger partial charge is 0.0495 e. The number of hydrogen-bond acceptors (Lipinski definition) is 2. The summed E-state index contributed by atoms with van der Waals surface area (Å²) in [5.41, 5.74) is 3.74. The molecule has 0 bridgehead atoms. The highest BCUT2D eigenvalue weighted by molar-refractivity contribution is 6.06. The van der Waals surface area contributed by atoms with Crippen LogP contribution >= 0.6 is 0 Å². The average Bonchev–Trinajstić information content (AvgIpc) is 2.77. The molecule has 92 valence electrons. The van der Waals surface area contributed by atoms with Crippen LogP contribution in [-0.4, -0.2) is 23.6 Å². The van der Waals surface area contributed by atoms with Gasteiger partial charge in [0.05, 0.1) is 0 Å². The monoisotopic (exact) mass is 239 g/mol. The van der Waals surface area contributed by atoms with Gasteiger partial charge in [0.25, 0.3) is 0 Å². The third-order valence-electron chi connectivity index (χ3n) is 3.36. The quantitative estimate of drug-likeness (QED) is 0.687. The van der Waals surface area contributed by atoms with E-state index in [9.17, 15) is 0 Å². The van der Waals surface area contributed by atoms with Gasteiger partial charge in [-0.25, -0.2) is 0 Å². The minimum absolute atomic E-state index is 1.06. The minimum Gasteiger partial charge on any atom is -0.354 e. The average molecular weight is 239 g/mol. The first-order chi connectivity index (χ1) is 8.88. The molecule has 2 heterocycles. The van der Waals surface area contributed by atoms with Crippen LogP contribution in [-0.2, 0) is 6.42 Å². The van der Waals surface area contributed by atoms with Gasteiger partial charge in [0.2, 0.25) is 0 Å². The molecule has 3 aromatic rings. The van der Waals surface area contributed by atoms with Gasteiger partial charge in [0.15, 0.2) is 0 Å². The molecule has 0 spiro atoms. The highest BCUT2D eigenvalue weighted by atomic mass is 14.8. The summed E-state index contributed by atoms with van der Waals surface area (Å²) in [6, 6.07) is 8.69. The summed E-state index contributed by atoms with van der Waals surface area (Å²) in [6.07, 6.45) is 6.05. The molecule has 18 heavy (non-hydrogen) atoms. The van der Waals surface area contributed by atoms with Crippen LogP contribution in [0.3, 0.4) is 0 Å². The third-order valence-corrected chi connectivity index (χ3v) is 3.36. The van der Waals surface area contributed by atoms with Crippen LogP contribution in [0.1, 0.15) is 12.0 Å². The van der Waals surface area contributed by atoms with Crippen LogP contribution in [0, 0.1) is 0 Å². The van der Waals surface area contributed by atoms with Crippen LogP contribution in [0.2, 0.25) is 0 Å². The van der Waals surface area contributed by atoms with Crippen molar-refractivity contribution in [3.8, 4) is 0 Å². The van der Waals surface area contributed by atoms with Crippen molar-refractivity contribution in [2.24, 2.45) is 0 Å².